The predicted octanol–water partition coefficient (Wildman–Crippen LogP) is 3.14. The third kappa shape index (κ3) is 2.54. The standard InChI is InChI=1S/C14H22O2/c15-13(14(16)10-6-7-11-14)12-8-4-2-1-3-5-9-12/h8,16H,1-7,9-11H2. The molecule has 0 spiro atoms. The molecule has 1 N–H and O–H groups in total. The molecule has 2 aliphatic carbocycles. The highest BCUT2D eigenvalue weighted by molar-refractivity contribution is 6.01. The van der Waals surface area contributed by atoms with Gasteiger partial charge >= 0.3 is 0 Å². The first kappa shape index (κ1) is 11.8. The second-order valence-electron chi connectivity index (χ2n) is 5.25. The molecule has 0 aliphatic heterocycles. The Labute approximate surface area is 97.7 Å². The van der Waals surface area contributed by atoms with E-state index in [1.807, 2.05) is 0 Å². The monoisotopic (exact) mass is 222 g/mol. The summed E-state index contributed by atoms with van der Waals surface area (Å²) in [6, 6.07) is 0. The zero-order valence-corrected chi connectivity index (χ0v) is 10.0. The topological polar surface area (TPSA) is 37.3 Å². The molecule has 0 aromatic rings. The quantitative estimate of drug-likeness (QED) is 0.779. The summed E-state index contributed by atoms with van der Waals surface area (Å²) in [5.41, 5.74) is -0.102. The maximum atomic E-state index is 12.3. The van der Waals surface area contributed by atoms with E-state index < -0.39 is 5.60 Å². The predicted molar refractivity (Wildman–Crippen MR) is 64.2 cm³/mol. The molecule has 2 aliphatic rings. The van der Waals surface area contributed by atoms with Crippen molar-refractivity contribution in [3.63, 3.8) is 0 Å². The number of allylic oxidation sites excluding steroid dienone is 1. The highest BCUT2D eigenvalue weighted by Crippen LogP contribution is 2.34. The van der Waals surface area contributed by atoms with Gasteiger partial charge in [-0.15, -0.1) is 0 Å². The Bertz CT molecular complexity index is 285. The van der Waals surface area contributed by atoms with Gasteiger partial charge < -0.3 is 5.11 Å². The van der Waals surface area contributed by atoms with Crippen molar-refractivity contribution in [1.29, 1.82) is 0 Å². The normalized spacial score (nSPS) is 25.7. The highest BCUT2D eigenvalue weighted by atomic mass is 16.3. The zero-order valence-electron chi connectivity index (χ0n) is 10.0. The minimum Gasteiger partial charge on any atom is -0.382 e. The van der Waals surface area contributed by atoms with E-state index in [0.717, 1.165) is 37.7 Å². The van der Waals surface area contributed by atoms with Crippen LogP contribution in [0.5, 0.6) is 0 Å². The summed E-state index contributed by atoms with van der Waals surface area (Å²) in [4.78, 5) is 12.3. The molecular weight excluding hydrogens is 200 g/mol. The smallest absolute Gasteiger partial charge is 0.189 e. The van der Waals surface area contributed by atoms with Crippen LogP contribution in [0.15, 0.2) is 11.6 Å². The van der Waals surface area contributed by atoms with Crippen molar-refractivity contribution in [3.05, 3.63) is 11.6 Å². The van der Waals surface area contributed by atoms with Crippen molar-refractivity contribution in [2.24, 2.45) is 0 Å². The average molecular weight is 222 g/mol. The zero-order chi connectivity index (χ0) is 11.4. The molecule has 0 aromatic heterocycles. The van der Waals surface area contributed by atoms with Crippen molar-refractivity contribution < 1.29 is 9.90 Å². The van der Waals surface area contributed by atoms with Crippen LogP contribution in [0.2, 0.25) is 0 Å². The van der Waals surface area contributed by atoms with Crippen LogP contribution in [0.4, 0.5) is 0 Å². The minimum absolute atomic E-state index is 0.0342. The average Bonchev–Trinajstić information content (AvgIpc) is 2.65. The molecule has 0 amide bonds. The first-order valence-corrected chi connectivity index (χ1v) is 6.69. The molecule has 0 unspecified atom stereocenters. The molecule has 0 atom stereocenters. The fourth-order valence-electron chi connectivity index (χ4n) is 2.88. The summed E-state index contributed by atoms with van der Waals surface area (Å²) >= 11 is 0. The molecule has 90 valence electrons. The maximum Gasteiger partial charge on any atom is 0.189 e. The van der Waals surface area contributed by atoms with Crippen LogP contribution in [0.1, 0.15) is 64.2 Å². The molecule has 0 heterocycles. The van der Waals surface area contributed by atoms with Gasteiger partial charge in [-0.3, -0.25) is 4.79 Å². The second-order valence-corrected chi connectivity index (χ2v) is 5.25. The van der Waals surface area contributed by atoms with Crippen molar-refractivity contribution in [2.45, 2.75) is 69.8 Å². The van der Waals surface area contributed by atoms with E-state index in [2.05, 4.69) is 6.08 Å². The van der Waals surface area contributed by atoms with Crippen LogP contribution >= 0.6 is 0 Å². The van der Waals surface area contributed by atoms with Crippen LogP contribution in [0.3, 0.4) is 0 Å². The summed E-state index contributed by atoms with van der Waals surface area (Å²) in [5, 5.41) is 10.3. The molecular formula is C14H22O2. The van der Waals surface area contributed by atoms with Crippen LogP contribution in [-0.2, 0) is 4.79 Å². The highest BCUT2D eigenvalue weighted by Gasteiger charge is 2.39. The molecule has 0 aromatic carbocycles. The number of carbonyl (C=O) groups excluding carboxylic acids is 1. The van der Waals surface area contributed by atoms with Gasteiger partial charge in [0.25, 0.3) is 0 Å². The number of ketones is 1. The molecule has 2 rings (SSSR count). The van der Waals surface area contributed by atoms with Crippen LogP contribution in [-0.4, -0.2) is 16.5 Å². The minimum atomic E-state index is -1.01. The first-order valence-electron chi connectivity index (χ1n) is 6.69. The molecule has 1 saturated carbocycles. The first-order chi connectivity index (χ1) is 7.72. The van der Waals surface area contributed by atoms with Gasteiger partial charge in [-0.1, -0.05) is 18.9 Å². The Kier molecular flexibility index (Phi) is 3.80. The van der Waals surface area contributed by atoms with Gasteiger partial charge in [0.1, 0.15) is 5.60 Å². The molecule has 2 heteroatoms. The molecule has 2 nitrogen and oxygen atoms in total. The second kappa shape index (κ2) is 5.13. The van der Waals surface area contributed by atoms with Crippen molar-refractivity contribution in [1.82, 2.24) is 0 Å². The summed E-state index contributed by atoms with van der Waals surface area (Å²) < 4.78 is 0. The number of carbonyl (C=O) groups is 1. The number of hydrogen-bond acceptors (Lipinski definition) is 2. The summed E-state index contributed by atoms with van der Waals surface area (Å²) in [7, 11) is 0. The Morgan fingerprint density at radius 2 is 1.75 bits per heavy atom. The van der Waals surface area contributed by atoms with Gasteiger partial charge in [0, 0.05) is 0 Å². The van der Waals surface area contributed by atoms with Crippen LogP contribution in [0.25, 0.3) is 0 Å². The largest absolute Gasteiger partial charge is 0.382 e. The van der Waals surface area contributed by atoms with E-state index in [1.54, 1.807) is 0 Å². The van der Waals surface area contributed by atoms with Gasteiger partial charge in [-0.2, -0.15) is 0 Å². The van der Waals surface area contributed by atoms with Gasteiger partial charge in [-0.05, 0) is 56.9 Å². The third-order valence-electron chi connectivity index (χ3n) is 3.94. The van der Waals surface area contributed by atoms with Crippen molar-refractivity contribution >= 4 is 5.78 Å². The van der Waals surface area contributed by atoms with E-state index >= 15 is 0 Å². The van der Waals surface area contributed by atoms with Crippen molar-refractivity contribution in [2.75, 3.05) is 0 Å². The molecule has 0 bridgehead atoms. The van der Waals surface area contributed by atoms with E-state index in [9.17, 15) is 9.90 Å². The number of aliphatic hydroxyl groups is 1. The van der Waals surface area contributed by atoms with Crippen molar-refractivity contribution in [3.8, 4) is 0 Å². The fraction of sp³-hybridized carbons (Fsp3) is 0.786. The lowest BCUT2D eigenvalue weighted by molar-refractivity contribution is -0.132. The van der Waals surface area contributed by atoms with Gasteiger partial charge in [0.05, 0.1) is 0 Å². The lowest BCUT2D eigenvalue weighted by Crippen LogP contribution is -2.36. The molecule has 0 saturated heterocycles. The van der Waals surface area contributed by atoms with E-state index in [-0.39, 0.29) is 5.78 Å². The Morgan fingerprint density at radius 1 is 1.06 bits per heavy atom. The summed E-state index contributed by atoms with van der Waals surface area (Å²) in [6.07, 6.45) is 12.1. The molecule has 1 fully saturated rings. The summed E-state index contributed by atoms with van der Waals surface area (Å²) in [5.74, 6) is 0.0342. The molecule has 16 heavy (non-hydrogen) atoms. The lowest BCUT2D eigenvalue weighted by Gasteiger charge is -2.23. The number of hydrogen-bond donors (Lipinski definition) is 1. The lowest BCUT2D eigenvalue weighted by atomic mass is 9.87. The van der Waals surface area contributed by atoms with Crippen LogP contribution in [0, 0.1) is 0 Å². The van der Waals surface area contributed by atoms with E-state index in [1.165, 1.54) is 19.3 Å². The summed E-state index contributed by atoms with van der Waals surface area (Å²) in [6.45, 7) is 0. The SMILES string of the molecule is O=C(C1=CCCCCCC1)C1(O)CCCC1. The maximum absolute atomic E-state index is 12.3. The molecule has 0 radical (unpaired) electrons. The van der Waals surface area contributed by atoms with E-state index in [0.29, 0.717) is 12.8 Å². The van der Waals surface area contributed by atoms with Gasteiger partial charge in [0.2, 0.25) is 0 Å². The Hall–Kier alpha value is -0.630. The third-order valence-corrected chi connectivity index (χ3v) is 3.94. The Morgan fingerprint density at radius 3 is 2.50 bits per heavy atom. The van der Waals surface area contributed by atoms with Gasteiger partial charge in [-0.25, -0.2) is 0 Å². The fourth-order valence-corrected chi connectivity index (χ4v) is 2.88. The van der Waals surface area contributed by atoms with Crippen LogP contribution < -0.4 is 0 Å². The van der Waals surface area contributed by atoms with Gasteiger partial charge in [0.15, 0.2) is 5.78 Å². The number of Topliss-reactive ketones (excluding diaryl/α,β-unsaturated/α-hetero) is 1. The number of rotatable bonds is 2. The Balaban J connectivity index is 2.06. The van der Waals surface area contributed by atoms with E-state index in [4.69, 9.17) is 0 Å².